The number of anilines is 1. The zero-order valence-corrected chi connectivity index (χ0v) is 13.8. The third kappa shape index (κ3) is 2.57. The van der Waals surface area contributed by atoms with Gasteiger partial charge in [-0.2, -0.15) is 0 Å². The Labute approximate surface area is 134 Å². The lowest BCUT2D eigenvalue weighted by atomic mass is 10.0. The van der Waals surface area contributed by atoms with Crippen LogP contribution in [0.25, 0.3) is 0 Å². The zero-order chi connectivity index (χ0) is 14.3. The van der Waals surface area contributed by atoms with E-state index in [9.17, 15) is 4.79 Å². The molecule has 2 amide bonds. The molecule has 0 saturated carbocycles. The Morgan fingerprint density at radius 2 is 2.20 bits per heavy atom. The number of amides is 2. The van der Waals surface area contributed by atoms with Crippen LogP contribution in [0.3, 0.4) is 0 Å². The molecular formula is C14H12BrClN2OS. The van der Waals surface area contributed by atoms with Gasteiger partial charge < -0.3 is 10.2 Å². The highest BCUT2D eigenvalue weighted by atomic mass is 79.9. The Morgan fingerprint density at radius 1 is 1.40 bits per heavy atom. The summed E-state index contributed by atoms with van der Waals surface area (Å²) in [7, 11) is 1.78. The molecule has 0 saturated heterocycles. The highest BCUT2D eigenvalue weighted by molar-refractivity contribution is 9.11. The van der Waals surface area contributed by atoms with E-state index in [-0.39, 0.29) is 11.4 Å². The highest BCUT2D eigenvalue weighted by Gasteiger charge is 2.21. The fourth-order valence-electron chi connectivity index (χ4n) is 2.19. The number of carbonyl (C=O) groups is 1. The molecule has 6 heteroatoms. The molecule has 1 N–H and O–H groups in total. The topological polar surface area (TPSA) is 32.3 Å². The number of hydrogen-bond donors (Lipinski definition) is 1. The number of nitrogens with zero attached hydrogens (tertiary/aromatic N) is 1. The van der Waals surface area contributed by atoms with Crippen molar-refractivity contribution in [1.29, 1.82) is 0 Å². The van der Waals surface area contributed by atoms with Crippen LogP contribution in [0.5, 0.6) is 0 Å². The van der Waals surface area contributed by atoms with E-state index in [4.69, 9.17) is 11.6 Å². The number of halogens is 2. The first-order valence-electron chi connectivity index (χ1n) is 6.09. The van der Waals surface area contributed by atoms with Crippen molar-refractivity contribution in [2.45, 2.75) is 11.9 Å². The number of rotatable bonds is 2. The molecule has 0 fully saturated rings. The summed E-state index contributed by atoms with van der Waals surface area (Å²) in [6, 6.07) is 9.91. The zero-order valence-electron chi connectivity index (χ0n) is 10.7. The molecule has 1 unspecified atom stereocenters. The van der Waals surface area contributed by atoms with Crippen LogP contribution in [0.4, 0.5) is 10.5 Å². The number of fused-ring (bicyclic) bond motifs is 1. The third-order valence-corrected chi connectivity index (χ3v) is 5.57. The summed E-state index contributed by atoms with van der Waals surface area (Å²) in [6.45, 7) is 0.604. The molecule has 3 nitrogen and oxygen atoms in total. The van der Waals surface area contributed by atoms with Gasteiger partial charge in [0.25, 0.3) is 0 Å². The summed E-state index contributed by atoms with van der Waals surface area (Å²) in [5.74, 6) is 0. The maximum absolute atomic E-state index is 11.6. The first-order valence-corrected chi connectivity index (χ1v) is 8.13. The van der Waals surface area contributed by atoms with E-state index >= 15 is 0 Å². The molecule has 104 valence electrons. The number of hydrogen-bond acceptors (Lipinski definition) is 2. The first-order chi connectivity index (χ1) is 9.54. The van der Waals surface area contributed by atoms with Crippen molar-refractivity contribution in [3.05, 3.63) is 50.1 Å². The van der Waals surface area contributed by atoms with Gasteiger partial charge in [0.2, 0.25) is 0 Å². The normalized spacial score (nSPS) is 15.8. The van der Waals surface area contributed by atoms with E-state index in [1.165, 1.54) is 0 Å². The second-order valence-corrected chi connectivity index (χ2v) is 7.64. The number of carbonyl (C=O) groups excluding carboxylic acids is 1. The second kappa shape index (κ2) is 5.39. The smallest absolute Gasteiger partial charge is 0.321 e. The first kappa shape index (κ1) is 13.9. The number of benzene rings is 1. The van der Waals surface area contributed by atoms with E-state index in [1.54, 1.807) is 23.3 Å². The van der Waals surface area contributed by atoms with E-state index in [1.807, 2.05) is 24.3 Å². The number of alkyl halides is 1. The lowest BCUT2D eigenvalue weighted by Gasteiger charge is -2.26. The molecule has 2 aromatic rings. The fourth-order valence-corrected chi connectivity index (χ4v) is 3.96. The molecule has 2 heterocycles. The van der Waals surface area contributed by atoms with Crippen molar-refractivity contribution in [2.24, 2.45) is 0 Å². The van der Waals surface area contributed by atoms with Crippen LogP contribution in [-0.2, 0) is 6.54 Å². The quantitative estimate of drug-likeness (QED) is 0.754. The molecule has 3 rings (SSSR count). The molecule has 1 aliphatic heterocycles. The van der Waals surface area contributed by atoms with E-state index in [2.05, 4.69) is 27.3 Å². The van der Waals surface area contributed by atoms with Crippen molar-refractivity contribution < 1.29 is 4.79 Å². The van der Waals surface area contributed by atoms with Gasteiger partial charge in [0.1, 0.15) is 0 Å². The lowest BCUT2D eigenvalue weighted by Crippen LogP contribution is -2.35. The van der Waals surface area contributed by atoms with E-state index < -0.39 is 0 Å². The van der Waals surface area contributed by atoms with Crippen LogP contribution in [0.1, 0.15) is 21.4 Å². The summed E-state index contributed by atoms with van der Waals surface area (Å²) in [6.07, 6.45) is 0. The monoisotopic (exact) mass is 370 g/mol. The van der Waals surface area contributed by atoms with Crippen molar-refractivity contribution in [1.82, 2.24) is 4.90 Å². The minimum atomic E-state index is -0.167. The third-order valence-electron chi connectivity index (χ3n) is 3.26. The Bertz CT molecular complexity index is 673. The SMILES string of the molecule is CN1Cc2cc(C(Cl)c3ccc(Br)s3)ccc2NC1=O. The molecule has 0 radical (unpaired) electrons. The van der Waals surface area contributed by atoms with Gasteiger partial charge in [-0.1, -0.05) is 12.1 Å². The van der Waals surface area contributed by atoms with Crippen LogP contribution in [-0.4, -0.2) is 18.0 Å². The Morgan fingerprint density at radius 3 is 2.90 bits per heavy atom. The van der Waals surface area contributed by atoms with Gasteiger partial charge in [-0.25, -0.2) is 4.79 Å². The van der Waals surface area contributed by atoms with E-state index in [0.29, 0.717) is 6.54 Å². The molecule has 20 heavy (non-hydrogen) atoms. The maximum atomic E-state index is 11.6. The summed E-state index contributed by atoms with van der Waals surface area (Å²) >= 11 is 11.6. The van der Waals surface area contributed by atoms with Crippen molar-refractivity contribution in [3.8, 4) is 0 Å². The summed E-state index contributed by atoms with van der Waals surface area (Å²) in [4.78, 5) is 14.3. The second-order valence-electron chi connectivity index (χ2n) is 4.71. The average Bonchev–Trinajstić information content (AvgIpc) is 2.85. The summed E-state index contributed by atoms with van der Waals surface area (Å²) in [5.41, 5.74) is 3.00. The molecule has 1 atom stereocenters. The molecule has 0 aliphatic carbocycles. The maximum Gasteiger partial charge on any atom is 0.321 e. The van der Waals surface area contributed by atoms with Gasteiger partial charge in [-0.15, -0.1) is 22.9 Å². The van der Waals surface area contributed by atoms with E-state index in [0.717, 1.165) is 25.5 Å². The van der Waals surface area contributed by atoms with Crippen LogP contribution in [0.15, 0.2) is 34.1 Å². The van der Waals surface area contributed by atoms with Crippen LogP contribution in [0.2, 0.25) is 0 Å². The number of nitrogens with one attached hydrogen (secondary N) is 1. The van der Waals surface area contributed by atoms with Crippen LogP contribution in [0, 0.1) is 0 Å². The predicted molar refractivity (Wildman–Crippen MR) is 86.6 cm³/mol. The van der Waals surface area contributed by atoms with Gasteiger partial charge in [-0.3, -0.25) is 0 Å². The largest absolute Gasteiger partial charge is 0.323 e. The predicted octanol–water partition coefficient (Wildman–Crippen LogP) is 4.82. The lowest BCUT2D eigenvalue weighted by molar-refractivity contribution is 0.218. The number of thiophene rings is 1. The van der Waals surface area contributed by atoms with Gasteiger partial charge >= 0.3 is 6.03 Å². The van der Waals surface area contributed by atoms with Gasteiger partial charge in [0.15, 0.2) is 0 Å². The number of urea groups is 1. The van der Waals surface area contributed by atoms with Gasteiger partial charge in [0, 0.05) is 24.2 Å². The van der Waals surface area contributed by atoms with Crippen LogP contribution < -0.4 is 5.32 Å². The summed E-state index contributed by atoms with van der Waals surface area (Å²) < 4.78 is 1.07. The molecule has 1 aromatic carbocycles. The van der Waals surface area contributed by atoms with Crippen molar-refractivity contribution in [3.63, 3.8) is 0 Å². The minimum absolute atomic E-state index is 0.0742. The Balaban J connectivity index is 1.92. The minimum Gasteiger partial charge on any atom is -0.323 e. The standard InChI is InChI=1S/C14H12BrClN2OS/c1-18-7-9-6-8(2-3-10(9)17-14(18)19)13(16)11-4-5-12(15)20-11/h2-6,13H,7H2,1H3,(H,17,19). The molecule has 0 spiro atoms. The molecular weight excluding hydrogens is 360 g/mol. The average molecular weight is 372 g/mol. The van der Waals surface area contributed by atoms with Gasteiger partial charge in [-0.05, 0) is 45.3 Å². The van der Waals surface area contributed by atoms with Crippen molar-refractivity contribution >= 4 is 50.6 Å². The Hall–Kier alpha value is -1.04. The molecule has 1 aliphatic rings. The Kier molecular flexibility index (Phi) is 3.75. The van der Waals surface area contributed by atoms with Gasteiger partial charge in [0.05, 0.1) is 9.16 Å². The fraction of sp³-hybridized carbons (Fsp3) is 0.214. The highest BCUT2D eigenvalue weighted by Crippen LogP contribution is 2.37. The summed E-state index contributed by atoms with van der Waals surface area (Å²) in [5, 5.41) is 2.69. The van der Waals surface area contributed by atoms with Crippen molar-refractivity contribution in [2.75, 3.05) is 12.4 Å². The van der Waals surface area contributed by atoms with Crippen LogP contribution >= 0.6 is 38.9 Å². The molecule has 1 aromatic heterocycles. The molecule has 0 bridgehead atoms.